The Labute approximate surface area is 236 Å². The quantitative estimate of drug-likeness (QED) is 0.254. The second-order valence-electron chi connectivity index (χ2n) is 10.8. The molecule has 0 bridgehead atoms. The number of fused-ring (bicyclic) bond motifs is 1. The molecule has 0 amide bonds. The molecule has 0 N–H and O–H groups in total. The van der Waals surface area contributed by atoms with Crippen molar-refractivity contribution in [2.45, 2.75) is 97.8 Å². The third-order valence-electron chi connectivity index (χ3n) is 7.83. The maximum absolute atomic E-state index is 11.9. The Morgan fingerprint density at radius 3 is 2.33 bits per heavy atom. The van der Waals surface area contributed by atoms with Gasteiger partial charge in [-0.05, 0) is 82.4 Å². The van der Waals surface area contributed by atoms with Crippen LogP contribution in [0.3, 0.4) is 0 Å². The van der Waals surface area contributed by atoms with Crippen LogP contribution in [-0.2, 0) is 19.1 Å². The SMILES string of the molecule is C1CCOC1.C=CC[C@]1(C#N)CC=C2C(=O)CCC[C@@]21C.CC1=CC(=O)CCC1.CCCC(C#N)C=COC. The number of nitrogens with zero attached hydrogens (tertiary/aromatic N) is 2. The minimum absolute atomic E-state index is 0.0185. The highest BCUT2D eigenvalue weighted by Gasteiger charge is 2.55. The predicted octanol–water partition coefficient (Wildman–Crippen LogP) is 7.73. The molecule has 1 saturated heterocycles. The summed E-state index contributed by atoms with van der Waals surface area (Å²) in [5.74, 6) is 0.564. The van der Waals surface area contributed by atoms with Crippen molar-refractivity contribution in [1.29, 1.82) is 10.5 Å². The Morgan fingerprint density at radius 2 is 1.87 bits per heavy atom. The van der Waals surface area contributed by atoms with Crippen LogP contribution in [-0.4, -0.2) is 31.9 Å². The number of methoxy groups -OCH3 is 1. The normalized spacial score (nSPS) is 26.0. The zero-order valence-corrected chi connectivity index (χ0v) is 24.6. The molecule has 4 aliphatic rings. The molecule has 1 heterocycles. The van der Waals surface area contributed by atoms with E-state index in [1.165, 1.54) is 18.4 Å². The highest BCUT2D eigenvalue weighted by Crippen LogP contribution is 2.59. The molecule has 1 unspecified atom stereocenters. The maximum Gasteiger partial charge on any atom is 0.159 e. The molecular formula is C33H48N2O4. The maximum atomic E-state index is 11.9. The van der Waals surface area contributed by atoms with Crippen molar-refractivity contribution in [3.63, 3.8) is 0 Å². The van der Waals surface area contributed by atoms with E-state index in [1.54, 1.807) is 25.5 Å². The molecule has 1 aliphatic heterocycles. The number of hydrogen-bond donors (Lipinski definition) is 0. The minimum atomic E-state index is -0.430. The average molecular weight is 537 g/mol. The predicted molar refractivity (Wildman–Crippen MR) is 155 cm³/mol. The van der Waals surface area contributed by atoms with Gasteiger partial charge in [-0.2, -0.15) is 10.5 Å². The summed E-state index contributed by atoms with van der Waals surface area (Å²) >= 11 is 0. The van der Waals surface area contributed by atoms with Crippen molar-refractivity contribution in [1.82, 2.24) is 0 Å². The second-order valence-corrected chi connectivity index (χ2v) is 10.8. The first-order valence-electron chi connectivity index (χ1n) is 14.4. The molecule has 3 aliphatic carbocycles. The lowest BCUT2D eigenvalue weighted by Gasteiger charge is -2.42. The van der Waals surface area contributed by atoms with E-state index < -0.39 is 5.41 Å². The van der Waals surface area contributed by atoms with Crippen LogP contribution >= 0.6 is 0 Å². The molecule has 2 fully saturated rings. The van der Waals surface area contributed by atoms with Crippen molar-refractivity contribution in [3.8, 4) is 12.1 Å². The fraction of sp³-hybridized carbons (Fsp3) is 0.636. The molecule has 0 aromatic heterocycles. The van der Waals surface area contributed by atoms with Gasteiger partial charge in [0, 0.05) is 31.5 Å². The Hall–Kier alpha value is -2.96. The van der Waals surface area contributed by atoms with Gasteiger partial charge in [0.25, 0.3) is 0 Å². The van der Waals surface area contributed by atoms with Gasteiger partial charge in [0.15, 0.2) is 11.6 Å². The van der Waals surface area contributed by atoms with Crippen molar-refractivity contribution in [3.05, 3.63) is 48.3 Å². The molecule has 0 spiro atoms. The second kappa shape index (κ2) is 18.3. The van der Waals surface area contributed by atoms with Crippen molar-refractivity contribution >= 4 is 11.6 Å². The topological polar surface area (TPSA) is 100 Å². The molecule has 6 heteroatoms. The first-order valence-corrected chi connectivity index (χ1v) is 14.4. The molecule has 0 radical (unpaired) electrons. The van der Waals surface area contributed by atoms with Gasteiger partial charge in [-0.1, -0.05) is 38.0 Å². The fourth-order valence-electron chi connectivity index (χ4n) is 5.45. The number of ketones is 2. The minimum Gasteiger partial charge on any atom is -0.505 e. The van der Waals surface area contributed by atoms with Crippen LogP contribution in [0.1, 0.15) is 97.8 Å². The summed E-state index contributed by atoms with van der Waals surface area (Å²) in [4.78, 5) is 22.5. The number of nitriles is 2. The Bertz CT molecular complexity index is 969. The van der Waals surface area contributed by atoms with Gasteiger partial charge < -0.3 is 9.47 Å². The summed E-state index contributed by atoms with van der Waals surface area (Å²) in [6, 6.07) is 4.63. The molecule has 0 aromatic carbocycles. The van der Waals surface area contributed by atoms with Gasteiger partial charge in [0.05, 0.1) is 36.8 Å². The lowest BCUT2D eigenvalue weighted by atomic mass is 9.58. The largest absolute Gasteiger partial charge is 0.505 e. The molecule has 0 aromatic rings. The number of carbonyl (C=O) groups excluding carboxylic acids is 2. The van der Waals surface area contributed by atoms with E-state index in [9.17, 15) is 14.9 Å². The van der Waals surface area contributed by atoms with E-state index in [0.717, 1.165) is 63.7 Å². The van der Waals surface area contributed by atoms with Gasteiger partial charge in [-0.25, -0.2) is 0 Å². The number of Topliss-reactive ketones (excluding diaryl/α,β-unsaturated/α-hetero) is 1. The molecule has 3 atom stereocenters. The van der Waals surface area contributed by atoms with Crippen molar-refractivity contribution in [2.75, 3.05) is 20.3 Å². The summed E-state index contributed by atoms with van der Waals surface area (Å²) in [7, 11) is 1.58. The van der Waals surface area contributed by atoms with Crippen LogP contribution in [0.25, 0.3) is 0 Å². The third kappa shape index (κ3) is 10.6. The number of hydrogen-bond acceptors (Lipinski definition) is 6. The van der Waals surface area contributed by atoms with Crippen LogP contribution in [0.4, 0.5) is 0 Å². The fourth-order valence-corrected chi connectivity index (χ4v) is 5.45. The van der Waals surface area contributed by atoms with E-state index in [4.69, 9.17) is 10.00 Å². The highest BCUT2D eigenvalue weighted by atomic mass is 16.5. The lowest BCUT2D eigenvalue weighted by molar-refractivity contribution is -0.119. The Kier molecular flexibility index (Phi) is 16.0. The van der Waals surface area contributed by atoms with Gasteiger partial charge in [-0.3, -0.25) is 9.59 Å². The van der Waals surface area contributed by atoms with Crippen molar-refractivity contribution < 1.29 is 19.1 Å². The standard InChI is InChI=1S/C14H17NO.C8H13NO.C7H10O.C4H8O/c1-3-7-14(10-15)9-6-11-12(16)5-4-8-13(11,14)2;1-3-4-8(7-9)5-6-10-2;1-6-3-2-4-7(8)5-6;1-2-4-5-3-1/h3,6H,1,4-5,7-9H2,2H3;5-6,8H,3-4H2,1-2H3;5H,2-4H2,1H3;1-4H2/t13-,14+;;;/m0.../s1. The molecule has 39 heavy (non-hydrogen) atoms. The summed E-state index contributed by atoms with van der Waals surface area (Å²) in [6.07, 6.45) is 20.2. The number of rotatable bonds is 6. The van der Waals surface area contributed by atoms with Gasteiger partial charge in [0.1, 0.15) is 0 Å². The van der Waals surface area contributed by atoms with Crippen LogP contribution in [0.5, 0.6) is 0 Å². The average Bonchev–Trinajstić information content (AvgIpc) is 3.59. The van der Waals surface area contributed by atoms with Gasteiger partial charge in [-0.15, -0.1) is 6.58 Å². The zero-order chi connectivity index (χ0) is 29.2. The zero-order valence-electron chi connectivity index (χ0n) is 24.6. The van der Waals surface area contributed by atoms with E-state index in [-0.39, 0.29) is 17.1 Å². The van der Waals surface area contributed by atoms with Gasteiger partial charge in [0.2, 0.25) is 0 Å². The van der Waals surface area contributed by atoms with Crippen LogP contribution in [0, 0.1) is 39.4 Å². The molecule has 214 valence electrons. The van der Waals surface area contributed by atoms with E-state index in [0.29, 0.717) is 25.0 Å². The monoisotopic (exact) mass is 536 g/mol. The first kappa shape index (κ1) is 34.1. The van der Waals surface area contributed by atoms with Crippen molar-refractivity contribution in [2.24, 2.45) is 16.7 Å². The summed E-state index contributed by atoms with van der Waals surface area (Å²) in [5, 5.41) is 18.0. The van der Waals surface area contributed by atoms with Gasteiger partial charge >= 0.3 is 0 Å². The molecule has 6 nitrogen and oxygen atoms in total. The van der Waals surface area contributed by atoms with Crippen LogP contribution in [0.15, 0.2) is 48.3 Å². The van der Waals surface area contributed by atoms with Crippen LogP contribution < -0.4 is 0 Å². The number of carbonyl (C=O) groups is 2. The van der Waals surface area contributed by atoms with E-state index in [1.807, 2.05) is 19.1 Å². The molecular weight excluding hydrogens is 488 g/mol. The Morgan fingerprint density at radius 1 is 1.15 bits per heavy atom. The summed E-state index contributed by atoms with van der Waals surface area (Å²) < 4.78 is 9.63. The highest BCUT2D eigenvalue weighted by molar-refractivity contribution is 5.98. The summed E-state index contributed by atoms with van der Waals surface area (Å²) in [5.41, 5.74) is 1.47. The molecule has 1 saturated carbocycles. The summed E-state index contributed by atoms with van der Waals surface area (Å²) in [6.45, 7) is 11.9. The smallest absolute Gasteiger partial charge is 0.159 e. The van der Waals surface area contributed by atoms with E-state index >= 15 is 0 Å². The first-order chi connectivity index (χ1) is 18.7. The number of ether oxygens (including phenoxy) is 2. The number of allylic oxidation sites excluding steroid dienone is 6. The molecule has 4 rings (SSSR count). The lowest BCUT2D eigenvalue weighted by Crippen LogP contribution is -2.40. The van der Waals surface area contributed by atoms with Crippen LogP contribution in [0.2, 0.25) is 0 Å². The Balaban J connectivity index is 0.000000284. The third-order valence-corrected chi connectivity index (χ3v) is 7.83. The van der Waals surface area contributed by atoms with E-state index in [2.05, 4.69) is 37.3 Å².